The molecular formula is C17H24N2OS. The van der Waals surface area contributed by atoms with Gasteiger partial charge < -0.3 is 9.64 Å². The second-order valence-electron chi connectivity index (χ2n) is 5.41. The third kappa shape index (κ3) is 5.16. The molecule has 1 aromatic carbocycles. The zero-order valence-corrected chi connectivity index (χ0v) is 13.9. The normalized spacial score (nSPS) is 11.3. The Morgan fingerprint density at radius 3 is 2.48 bits per heavy atom. The van der Waals surface area contributed by atoms with Crippen molar-refractivity contribution < 1.29 is 4.74 Å². The van der Waals surface area contributed by atoms with Gasteiger partial charge in [-0.2, -0.15) is 0 Å². The number of ether oxygens (including phenoxy) is 1. The molecule has 2 rings (SSSR count). The van der Waals surface area contributed by atoms with Crippen LogP contribution >= 0.6 is 11.3 Å². The van der Waals surface area contributed by atoms with Gasteiger partial charge in [0.25, 0.3) is 0 Å². The Kier molecular flexibility index (Phi) is 6.23. The van der Waals surface area contributed by atoms with E-state index in [1.165, 1.54) is 10.4 Å². The third-order valence-corrected chi connectivity index (χ3v) is 4.27. The highest BCUT2D eigenvalue weighted by Gasteiger charge is 2.11. The van der Waals surface area contributed by atoms with Crippen LogP contribution in [0.25, 0.3) is 0 Å². The van der Waals surface area contributed by atoms with Gasteiger partial charge >= 0.3 is 0 Å². The number of thiophene rings is 1. The van der Waals surface area contributed by atoms with Crippen molar-refractivity contribution in [2.45, 2.75) is 13.1 Å². The van der Waals surface area contributed by atoms with Crippen molar-refractivity contribution >= 4 is 11.3 Å². The molecule has 0 radical (unpaired) electrons. The zero-order chi connectivity index (χ0) is 15.1. The lowest BCUT2D eigenvalue weighted by molar-refractivity contribution is 0.225. The third-order valence-electron chi connectivity index (χ3n) is 3.41. The van der Waals surface area contributed by atoms with Crippen molar-refractivity contribution in [3.05, 3.63) is 52.2 Å². The van der Waals surface area contributed by atoms with Crippen molar-refractivity contribution in [3.63, 3.8) is 0 Å². The Balaban J connectivity index is 2.07. The van der Waals surface area contributed by atoms with Gasteiger partial charge in [-0.05, 0) is 31.6 Å². The van der Waals surface area contributed by atoms with Gasteiger partial charge in [-0.15, -0.1) is 11.3 Å². The van der Waals surface area contributed by atoms with Crippen LogP contribution in [0.4, 0.5) is 0 Å². The van der Waals surface area contributed by atoms with Crippen molar-refractivity contribution in [3.8, 4) is 5.75 Å². The van der Waals surface area contributed by atoms with Gasteiger partial charge in [0.15, 0.2) is 0 Å². The van der Waals surface area contributed by atoms with Gasteiger partial charge in [-0.1, -0.05) is 24.3 Å². The highest BCUT2D eigenvalue weighted by Crippen LogP contribution is 2.21. The molecule has 0 atom stereocenters. The molecule has 0 fully saturated rings. The lowest BCUT2D eigenvalue weighted by atomic mass is 10.2. The Bertz CT molecular complexity index is 525. The van der Waals surface area contributed by atoms with Crippen LogP contribution in [-0.2, 0) is 13.1 Å². The highest BCUT2D eigenvalue weighted by molar-refractivity contribution is 7.09. The molecule has 0 bridgehead atoms. The molecule has 3 nitrogen and oxygen atoms in total. The number of likely N-dealkylation sites (N-methyl/N-ethyl adjacent to an activating group) is 1. The fourth-order valence-electron chi connectivity index (χ4n) is 2.25. The van der Waals surface area contributed by atoms with Gasteiger partial charge in [-0.25, -0.2) is 0 Å². The number of methoxy groups -OCH3 is 1. The summed E-state index contributed by atoms with van der Waals surface area (Å²) in [7, 11) is 5.97. The van der Waals surface area contributed by atoms with E-state index in [1.807, 2.05) is 23.5 Å². The van der Waals surface area contributed by atoms with E-state index in [4.69, 9.17) is 4.74 Å². The van der Waals surface area contributed by atoms with E-state index in [9.17, 15) is 0 Å². The number of para-hydroxylation sites is 1. The van der Waals surface area contributed by atoms with Gasteiger partial charge in [0.05, 0.1) is 7.11 Å². The minimum absolute atomic E-state index is 0.912. The van der Waals surface area contributed by atoms with Gasteiger partial charge in [0, 0.05) is 36.6 Å². The molecule has 1 heterocycles. The fraction of sp³-hybridized carbons (Fsp3) is 0.412. The minimum Gasteiger partial charge on any atom is -0.496 e. The Morgan fingerprint density at radius 2 is 1.81 bits per heavy atom. The molecule has 0 aliphatic heterocycles. The van der Waals surface area contributed by atoms with E-state index in [1.54, 1.807) is 7.11 Å². The molecule has 0 unspecified atom stereocenters. The number of hydrogen-bond donors (Lipinski definition) is 0. The standard InChI is InChI=1S/C17H24N2OS/c1-18(2)10-11-19(14-16-8-6-12-21-16)13-15-7-4-5-9-17(15)20-3/h4-9,12H,10-11,13-14H2,1-3H3. The van der Waals surface area contributed by atoms with Crippen LogP contribution in [0.15, 0.2) is 41.8 Å². The maximum absolute atomic E-state index is 5.47. The first-order chi connectivity index (χ1) is 10.2. The molecule has 0 amide bonds. The molecule has 0 N–H and O–H groups in total. The van der Waals surface area contributed by atoms with Gasteiger partial charge in [0.1, 0.15) is 5.75 Å². The average molecular weight is 304 g/mol. The van der Waals surface area contributed by atoms with Crippen LogP contribution in [0.3, 0.4) is 0 Å². The van der Waals surface area contributed by atoms with Gasteiger partial charge in [0.2, 0.25) is 0 Å². The maximum Gasteiger partial charge on any atom is 0.123 e. The minimum atomic E-state index is 0.912. The van der Waals surface area contributed by atoms with E-state index in [0.29, 0.717) is 0 Å². The van der Waals surface area contributed by atoms with E-state index in [0.717, 1.165) is 31.9 Å². The molecule has 2 aromatic rings. The summed E-state index contributed by atoms with van der Waals surface area (Å²) < 4.78 is 5.47. The number of nitrogens with zero attached hydrogens (tertiary/aromatic N) is 2. The molecule has 21 heavy (non-hydrogen) atoms. The maximum atomic E-state index is 5.47. The quantitative estimate of drug-likeness (QED) is 0.744. The SMILES string of the molecule is COc1ccccc1CN(CCN(C)C)Cc1cccs1. The summed E-state index contributed by atoms with van der Waals surface area (Å²) in [5.41, 5.74) is 1.25. The van der Waals surface area contributed by atoms with Crippen molar-refractivity contribution in [1.82, 2.24) is 9.80 Å². The summed E-state index contributed by atoms with van der Waals surface area (Å²) in [5.74, 6) is 0.971. The summed E-state index contributed by atoms with van der Waals surface area (Å²) in [6.45, 7) is 4.00. The Labute approximate surface area is 131 Å². The van der Waals surface area contributed by atoms with E-state index in [-0.39, 0.29) is 0 Å². The number of rotatable bonds is 8. The van der Waals surface area contributed by atoms with Crippen LogP contribution in [0.1, 0.15) is 10.4 Å². The second-order valence-corrected chi connectivity index (χ2v) is 6.44. The average Bonchev–Trinajstić information content (AvgIpc) is 2.98. The summed E-state index contributed by atoms with van der Waals surface area (Å²) in [6, 6.07) is 12.6. The van der Waals surface area contributed by atoms with E-state index < -0.39 is 0 Å². The topological polar surface area (TPSA) is 15.7 Å². The Morgan fingerprint density at radius 1 is 1.00 bits per heavy atom. The van der Waals surface area contributed by atoms with Crippen LogP contribution < -0.4 is 4.74 Å². The number of hydrogen-bond acceptors (Lipinski definition) is 4. The van der Waals surface area contributed by atoms with Crippen molar-refractivity contribution in [1.29, 1.82) is 0 Å². The second kappa shape index (κ2) is 8.17. The molecule has 0 spiro atoms. The molecule has 0 aliphatic carbocycles. The first-order valence-corrected chi connectivity index (χ1v) is 8.08. The number of benzene rings is 1. The van der Waals surface area contributed by atoms with Crippen molar-refractivity contribution in [2.24, 2.45) is 0 Å². The first kappa shape index (κ1) is 16.0. The monoisotopic (exact) mass is 304 g/mol. The zero-order valence-electron chi connectivity index (χ0n) is 13.1. The fourth-order valence-corrected chi connectivity index (χ4v) is 3.00. The lowest BCUT2D eigenvalue weighted by Gasteiger charge is -2.24. The van der Waals surface area contributed by atoms with Crippen LogP contribution in [-0.4, -0.2) is 44.1 Å². The van der Waals surface area contributed by atoms with Crippen LogP contribution in [0.5, 0.6) is 5.75 Å². The predicted molar refractivity (Wildman–Crippen MR) is 90.0 cm³/mol. The summed E-state index contributed by atoms with van der Waals surface area (Å²) >= 11 is 1.82. The predicted octanol–water partition coefficient (Wildman–Crippen LogP) is 3.32. The smallest absolute Gasteiger partial charge is 0.123 e. The summed E-state index contributed by atoms with van der Waals surface area (Å²) in [6.07, 6.45) is 0. The highest BCUT2D eigenvalue weighted by atomic mass is 32.1. The molecule has 114 valence electrons. The van der Waals surface area contributed by atoms with E-state index >= 15 is 0 Å². The van der Waals surface area contributed by atoms with Crippen LogP contribution in [0.2, 0.25) is 0 Å². The molecule has 0 aliphatic rings. The molecule has 4 heteroatoms. The van der Waals surface area contributed by atoms with E-state index in [2.05, 4.69) is 53.5 Å². The van der Waals surface area contributed by atoms with Crippen LogP contribution in [0, 0.1) is 0 Å². The Hall–Kier alpha value is -1.36. The summed E-state index contributed by atoms with van der Waals surface area (Å²) in [4.78, 5) is 6.11. The first-order valence-electron chi connectivity index (χ1n) is 7.20. The molecule has 0 saturated carbocycles. The largest absolute Gasteiger partial charge is 0.496 e. The molecule has 0 saturated heterocycles. The molecular weight excluding hydrogens is 280 g/mol. The summed E-state index contributed by atoms with van der Waals surface area (Å²) in [5, 5.41) is 2.14. The lowest BCUT2D eigenvalue weighted by Crippen LogP contribution is -2.31. The van der Waals surface area contributed by atoms with Gasteiger partial charge in [-0.3, -0.25) is 4.90 Å². The molecule has 1 aromatic heterocycles. The van der Waals surface area contributed by atoms with Crippen molar-refractivity contribution in [2.75, 3.05) is 34.3 Å².